The van der Waals surface area contributed by atoms with Gasteiger partial charge in [0.15, 0.2) is 0 Å². The fourth-order valence-corrected chi connectivity index (χ4v) is 3.54. The zero-order valence-corrected chi connectivity index (χ0v) is 16.2. The van der Waals surface area contributed by atoms with Gasteiger partial charge in [0, 0.05) is 37.2 Å². The molecule has 142 valence electrons. The lowest BCUT2D eigenvalue weighted by Gasteiger charge is -2.14. The lowest BCUT2D eigenvalue weighted by molar-refractivity contribution is -0.127. The van der Waals surface area contributed by atoms with Crippen molar-refractivity contribution >= 4 is 51.1 Å². The molecule has 3 rings (SSSR count). The van der Waals surface area contributed by atoms with Gasteiger partial charge < -0.3 is 10.2 Å². The standard InChI is InChI=1S/C18H20ClN5O2S/c19-14-6-2-1-5-13(14)8-9-15(25)21-18-23-22-17(27-18)20-10-4-12-24-11-3-7-16(24)26/h1-2,5-6,8-9H,3-4,7,10-12H2,(H,20,22)(H,21,23,25). The molecule has 2 heterocycles. The highest BCUT2D eigenvalue weighted by atomic mass is 35.5. The van der Waals surface area contributed by atoms with Gasteiger partial charge >= 0.3 is 0 Å². The Bertz CT molecular complexity index is 839. The molecule has 27 heavy (non-hydrogen) atoms. The van der Waals surface area contributed by atoms with Crippen molar-refractivity contribution in [3.05, 3.63) is 40.9 Å². The van der Waals surface area contributed by atoms with Crippen LogP contribution in [0.4, 0.5) is 10.3 Å². The number of hydrogen-bond acceptors (Lipinski definition) is 6. The summed E-state index contributed by atoms with van der Waals surface area (Å²) in [6.45, 7) is 2.30. The highest BCUT2D eigenvalue weighted by Crippen LogP contribution is 2.20. The normalized spacial score (nSPS) is 14.1. The third-order valence-electron chi connectivity index (χ3n) is 4.03. The van der Waals surface area contributed by atoms with Gasteiger partial charge in [-0.05, 0) is 30.5 Å². The van der Waals surface area contributed by atoms with Gasteiger partial charge in [-0.15, -0.1) is 10.2 Å². The number of hydrogen-bond donors (Lipinski definition) is 2. The van der Waals surface area contributed by atoms with Crippen LogP contribution in [0, 0.1) is 0 Å². The Morgan fingerprint density at radius 1 is 1.30 bits per heavy atom. The first-order valence-corrected chi connectivity index (χ1v) is 9.90. The summed E-state index contributed by atoms with van der Waals surface area (Å²) in [4.78, 5) is 25.4. The first kappa shape index (κ1) is 19.3. The number of likely N-dealkylation sites (tertiary alicyclic amines) is 1. The second kappa shape index (κ2) is 9.48. The fourth-order valence-electron chi connectivity index (χ4n) is 2.67. The smallest absolute Gasteiger partial charge is 0.250 e. The number of aromatic nitrogens is 2. The Labute approximate surface area is 166 Å². The number of halogens is 1. The van der Waals surface area contributed by atoms with Crippen LogP contribution < -0.4 is 10.6 Å². The molecule has 0 aliphatic carbocycles. The molecule has 0 bridgehead atoms. The van der Waals surface area contributed by atoms with Crippen LogP contribution >= 0.6 is 22.9 Å². The Morgan fingerprint density at radius 3 is 2.89 bits per heavy atom. The predicted molar refractivity (Wildman–Crippen MR) is 108 cm³/mol. The van der Waals surface area contributed by atoms with Gasteiger partial charge in [0.25, 0.3) is 0 Å². The van der Waals surface area contributed by atoms with Crippen molar-refractivity contribution in [2.24, 2.45) is 0 Å². The molecular formula is C18H20ClN5O2S. The van der Waals surface area contributed by atoms with Gasteiger partial charge in [-0.2, -0.15) is 0 Å². The molecule has 0 unspecified atom stereocenters. The zero-order valence-electron chi connectivity index (χ0n) is 14.7. The van der Waals surface area contributed by atoms with Crippen LogP contribution in [0.5, 0.6) is 0 Å². The van der Waals surface area contributed by atoms with Crippen LogP contribution in [0.15, 0.2) is 30.3 Å². The number of nitrogens with zero attached hydrogens (tertiary/aromatic N) is 3. The molecule has 2 aromatic rings. The highest BCUT2D eigenvalue weighted by molar-refractivity contribution is 7.19. The summed E-state index contributed by atoms with van der Waals surface area (Å²) in [6, 6.07) is 7.28. The van der Waals surface area contributed by atoms with E-state index in [9.17, 15) is 9.59 Å². The summed E-state index contributed by atoms with van der Waals surface area (Å²) >= 11 is 7.31. The molecule has 2 amide bonds. The van der Waals surface area contributed by atoms with E-state index >= 15 is 0 Å². The van der Waals surface area contributed by atoms with Gasteiger partial charge in [0.05, 0.1) is 0 Å². The minimum Gasteiger partial charge on any atom is -0.360 e. The van der Waals surface area contributed by atoms with Crippen LogP contribution in [-0.4, -0.2) is 46.5 Å². The van der Waals surface area contributed by atoms with Crippen molar-refractivity contribution in [1.29, 1.82) is 0 Å². The van der Waals surface area contributed by atoms with Crippen LogP contribution in [0.3, 0.4) is 0 Å². The summed E-state index contributed by atoms with van der Waals surface area (Å²) in [5.41, 5.74) is 0.769. The van der Waals surface area contributed by atoms with Crippen LogP contribution in [0.25, 0.3) is 6.08 Å². The van der Waals surface area contributed by atoms with Gasteiger partial charge in [-0.1, -0.05) is 41.1 Å². The lowest BCUT2D eigenvalue weighted by atomic mass is 10.2. The van der Waals surface area contributed by atoms with E-state index in [-0.39, 0.29) is 11.8 Å². The summed E-state index contributed by atoms with van der Waals surface area (Å²) in [7, 11) is 0. The molecule has 0 spiro atoms. The van der Waals surface area contributed by atoms with E-state index in [1.807, 2.05) is 23.1 Å². The lowest BCUT2D eigenvalue weighted by Crippen LogP contribution is -2.26. The topological polar surface area (TPSA) is 87.2 Å². The quantitative estimate of drug-likeness (QED) is 0.520. The van der Waals surface area contributed by atoms with Crippen molar-refractivity contribution in [3.8, 4) is 0 Å². The van der Waals surface area contributed by atoms with E-state index < -0.39 is 0 Å². The second-order valence-electron chi connectivity index (χ2n) is 6.02. The molecule has 7 nitrogen and oxygen atoms in total. The second-order valence-corrected chi connectivity index (χ2v) is 7.41. The largest absolute Gasteiger partial charge is 0.360 e. The maximum atomic E-state index is 12.0. The molecule has 1 fully saturated rings. The van der Waals surface area contributed by atoms with Crippen LogP contribution in [-0.2, 0) is 9.59 Å². The maximum Gasteiger partial charge on any atom is 0.250 e. The highest BCUT2D eigenvalue weighted by Gasteiger charge is 2.18. The molecule has 1 saturated heterocycles. The number of rotatable bonds is 8. The predicted octanol–water partition coefficient (Wildman–Crippen LogP) is 3.27. The van der Waals surface area contributed by atoms with Gasteiger partial charge in [-0.3, -0.25) is 14.9 Å². The first-order valence-electron chi connectivity index (χ1n) is 8.70. The molecule has 0 atom stereocenters. The van der Waals surface area contributed by atoms with Gasteiger partial charge in [-0.25, -0.2) is 0 Å². The average molecular weight is 406 g/mol. The fraction of sp³-hybridized carbons (Fsp3) is 0.333. The van der Waals surface area contributed by atoms with Crippen molar-refractivity contribution in [3.63, 3.8) is 0 Å². The summed E-state index contributed by atoms with van der Waals surface area (Å²) in [6.07, 6.45) is 5.52. The van der Waals surface area contributed by atoms with Crippen LogP contribution in [0.1, 0.15) is 24.8 Å². The Kier molecular flexibility index (Phi) is 6.78. The van der Waals surface area contributed by atoms with Crippen molar-refractivity contribution in [2.45, 2.75) is 19.3 Å². The monoisotopic (exact) mass is 405 g/mol. The Balaban J connectivity index is 1.41. The molecule has 0 radical (unpaired) electrons. The molecular weight excluding hydrogens is 386 g/mol. The molecule has 1 aromatic heterocycles. The minimum absolute atomic E-state index is 0.237. The summed E-state index contributed by atoms with van der Waals surface area (Å²) < 4.78 is 0. The Morgan fingerprint density at radius 2 is 2.11 bits per heavy atom. The SMILES string of the molecule is O=C(C=Cc1ccccc1Cl)Nc1nnc(NCCCN2CCCC2=O)s1. The van der Waals surface area contributed by atoms with Crippen molar-refractivity contribution < 1.29 is 9.59 Å². The van der Waals surface area contributed by atoms with Gasteiger partial charge in [0.1, 0.15) is 0 Å². The maximum absolute atomic E-state index is 12.0. The number of carbonyl (C=O) groups is 2. The number of benzene rings is 1. The van der Waals surface area contributed by atoms with E-state index in [4.69, 9.17) is 11.6 Å². The molecule has 1 aliphatic heterocycles. The van der Waals surface area contributed by atoms with Crippen LogP contribution in [0.2, 0.25) is 5.02 Å². The summed E-state index contributed by atoms with van der Waals surface area (Å²) in [5.74, 6) is -0.0640. The molecule has 9 heteroatoms. The van der Waals surface area contributed by atoms with Crippen molar-refractivity contribution in [1.82, 2.24) is 15.1 Å². The number of carbonyl (C=O) groups excluding carboxylic acids is 2. The summed E-state index contributed by atoms with van der Waals surface area (Å²) in [5, 5.41) is 15.4. The van der Waals surface area contributed by atoms with Gasteiger partial charge in [0.2, 0.25) is 22.1 Å². The Hall–Kier alpha value is -2.45. The zero-order chi connectivity index (χ0) is 19.1. The number of amides is 2. The first-order chi connectivity index (χ1) is 13.1. The molecule has 1 aromatic carbocycles. The van der Waals surface area contributed by atoms with E-state index in [0.29, 0.717) is 28.3 Å². The van der Waals surface area contributed by atoms with Crippen molar-refractivity contribution in [2.75, 3.05) is 30.3 Å². The van der Waals surface area contributed by atoms with E-state index in [1.54, 1.807) is 12.1 Å². The third-order valence-corrected chi connectivity index (χ3v) is 5.17. The average Bonchev–Trinajstić information content (AvgIpc) is 3.27. The number of nitrogens with one attached hydrogen (secondary N) is 2. The van der Waals surface area contributed by atoms with E-state index in [0.717, 1.165) is 31.5 Å². The molecule has 0 saturated carbocycles. The molecule has 1 aliphatic rings. The minimum atomic E-state index is -0.301. The third kappa shape index (κ3) is 5.77. The van der Waals surface area contributed by atoms with E-state index in [1.165, 1.54) is 17.4 Å². The molecule has 2 N–H and O–H groups in total. The number of anilines is 2. The van der Waals surface area contributed by atoms with E-state index in [2.05, 4.69) is 20.8 Å².